The van der Waals surface area contributed by atoms with Gasteiger partial charge >= 0.3 is 0 Å². The van der Waals surface area contributed by atoms with E-state index in [0.717, 1.165) is 30.6 Å². The highest BCUT2D eigenvalue weighted by molar-refractivity contribution is 7.12. The summed E-state index contributed by atoms with van der Waals surface area (Å²) in [5.41, 5.74) is 0.0363. The molecule has 1 N–H and O–H groups in total. The van der Waals surface area contributed by atoms with Crippen LogP contribution in [0.3, 0.4) is 0 Å². The summed E-state index contributed by atoms with van der Waals surface area (Å²) >= 11 is 1.46. The van der Waals surface area contributed by atoms with E-state index >= 15 is 0 Å². The number of carbonyl (C=O) groups is 2. The number of thiophene rings is 1. The highest BCUT2D eigenvalue weighted by atomic mass is 32.1. The van der Waals surface area contributed by atoms with Crippen molar-refractivity contribution >= 4 is 23.2 Å². The van der Waals surface area contributed by atoms with Gasteiger partial charge in [-0.15, -0.1) is 11.3 Å². The molecule has 5 nitrogen and oxygen atoms in total. The third-order valence-corrected chi connectivity index (χ3v) is 6.14. The quantitative estimate of drug-likeness (QED) is 0.867. The molecule has 1 aliphatic heterocycles. The van der Waals surface area contributed by atoms with Gasteiger partial charge in [-0.25, -0.2) is 0 Å². The Morgan fingerprint density at radius 3 is 3.13 bits per heavy atom. The molecule has 1 aliphatic carbocycles. The fourth-order valence-electron chi connectivity index (χ4n) is 4.09. The molecule has 2 heterocycles. The number of rotatable bonds is 6. The Kier molecular flexibility index (Phi) is 5.02. The van der Waals surface area contributed by atoms with E-state index in [1.165, 1.54) is 11.3 Å². The number of hydrogen-bond acceptors (Lipinski definition) is 4. The molecule has 2 aliphatic rings. The maximum atomic E-state index is 12.3. The van der Waals surface area contributed by atoms with Crippen LogP contribution in [0.2, 0.25) is 0 Å². The van der Waals surface area contributed by atoms with Crippen molar-refractivity contribution in [2.24, 2.45) is 5.41 Å². The minimum Gasteiger partial charge on any atom is -0.383 e. The molecular weight excluding hydrogens is 312 g/mol. The van der Waals surface area contributed by atoms with Gasteiger partial charge in [0.25, 0.3) is 5.91 Å². The van der Waals surface area contributed by atoms with Crippen LogP contribution in [0.1, 0.15) is 41.8 Å². The summed E-state index contributed by atoms with van der Waals surface area (Å²) in [6.07, 6.45) is 4.69. The molecule has 2 fully saturated rings. The van der Waals surface area contributed by atoms with Crippen molar-refractivity contribution in [1.82, 2.24) is 10.2 Å². The van der Waals surface area contributed by atoms with Gasteiger partial charge in [-0.2, -0.15) is 0 Å². The van der Waals surface area contributed by atoms with Crippen LogP contribution in [0.15, 0.2) is 17.5 Å². The number of amides is 2. The van der Waals surface area contributed by atoms with E-state index in [0.29, 0.717) is 26.1 Å². The predicted molar refractivity (Wildman–Crippen MR) is 89.5 cm³/mol. The van der Waals surface area contributed by atoms with Gasteiger partial charge in [-0.1, -0.05) is 12.5 Å². The van der Waals surface area contributed by atoms with Crippen molar-refractivity contribution in [3.63, 3.8) is 0 Å². The summed E-state index contributed by atoms with van der Waals surface area (Å²) in [6, 6.07) is 3.98. The predicted octanol–water partition coefficient (Wildman–Crippen LogP) is 2.29. The van der Waals surface area contributed by atoms with Gasteiger partial charge in [0.05, 0.1) is 11.5 Å². The Bertz CT molecular complexity index is 560. The first kappa shape index (κ1) is 16.5. The Morgan fingerprint density at radius 1 is 1.52 bits per heavy atom. The summed E-state index contributed by atoms with van der Waals surface area (Å²) in [5, 5.41) is 5.02. The van der Waals surface area contributed by atoms with E-state index in [1.807, 2.05) is 22.4 Å². The number of nitrogens with one attached hydrogen (secondary N) is 1. The molecule has 0 radical (unpaired) electrons. The molecule has 2 amide bonds. The number of carbonyl (C=O) groups excluding carboxylic acids is 2. The monoisotopic (exact) mass is 336 g/mol. The molecule has 2 atom stereocenters. The Labute approximate surface area is 141 Å². The van der Waals surface area contributed by atoms with Gasteiger partial charge in [0.2, 0.25) is 5.91 Å². The molecule has 0 aromatic carbocycles. The largest absolute Gasteiger partial charge is 0.383 e. The molecule has 1 aromatic heterocycles. The molecule has 126 valence electrons. The lowest BCUT2D eigenvalue weighted by Gasteiger charge is -2.46. The lowest BCUT2D eigenvalue weighted by Crippen LogP contribution is -2.56. The lowest BCUT2D eigenvalue weighted by atomic mass is 9.74. The molecule has 1 saturated heterocycles. The summed E-state index contributed by atoms with van der Waals surface area (Å²) in [5.74, 6) is 0.231. The van der Waals surface area contributed by atoms with Crippen LogP contribution in [-0.4, -0.2) is 49.6 Å². The number of methoxy groups -OCH3 is 1. The number of nitrogens with zero attached hydrogens (tertiary/aromatic N) is 1. The maximum absolute atomic E-state index is 12.3. The second-order valence-corrected chi connectivity index (χ2v) is 7.46. The topological polar surface area (TPSA) is 58.6 Å². The fourth-order valence-corrected chi connectivity index (χ4v) is 4.73. The number of piperidine rings is 1. The third kappa shape index (κ3) is 3.28. The number of fused-ring (bicyclic) bond motifs is 1. The van der Waals surface area contributed by atoms with Gasteiger partial charge in [0.15, 0.2) is 0 Å². The molecule has 1 saturated carbocycles. The zero-order valence-electron chi connectivity index (χ0n) is 13.5. The highest BCUT2D eigenvalue weighted by Crippen LogP contribution is 2.47. The number of hydrogen-bond donors (Lipinski definition) is 1. The lowest BCUT2D eigenvalue weighted by molar-refractivity contribution is -0.142. The molecule has 23 heavy (non-hydrogen) atoms. The average molecular weight is 336 g/mol. The minimum absolute atomic E-state index is 0.000339. The first-order valence-electron chi connectivity index (χ1n) is 8.26. The number of ether oxygens (including phenoxy) is 1. The highest BCUT2D eigenvalue weighted by Gasteiger charge is 2.50. The van der Waals surface area contributed by atoms with Gasteiger partial charge in [-0.05, 0) is 30.7 Å². The first-order chi connectivity index (χ1) is 11.2. The summed E-state index contributed by atoms with van der Waals surface area (Å²) in [6.45, 7) is 1.88. The molecule has 0 spiro atoms. The summed E-state index contributed by atoms with van der Waals surface area (Å²) < 4.78 is 5.16. The van der Waals surface area contributed by atoms with Gasteiger partial charge in [0, 0.05) is 38.1 Å². The summed E-state index contributed by atoms with van der Waals surface area (Å²) in [4.78, 5) is 27.3. The van der Waals surface area contributed by atoms with E-state index in [2.05, 4.69) is 5.32 Å². The Morgan fingerprint density at radius 2 is 2.39 bits per heavy atom. The van der Waals surface area contributed by atoms with Crippen LogP contribution in [0.25, 0.3) is 0 Å². The van der Waals surface area contributed by atoms with Crippen molar-refractivity contribution < 1.29 is 14.3 Å². The Balaban J connectivity index is 1.68. The van der Waals surface area contributed by atoms with Crippen LogP contribution in [-0.2, 0) is 9.53 Å². The van der Waals surface area contributed by atoms with Crippen molar-refractivity contribution in [2.45, 2.75) is 38.1 Å². The third-order valence-electron chi connectivity index (χ3n) is 5.27. The SMILES string of the molecule is COCCN1C(=O)CC[C@]2(CNC(=O)c3cccs3)CCC[C@@H]12. The van der Waals surface area contributed by atoms with Gasteiger partial charge in [-0.3, -0.25) is 9.59 Å². The zero-order valence-corrected chi connectivity index (χ0v) is 14.4. The van der Waals surface area contributed by atoms with Crippen molar-refractivity contribution in [2.75, 3.05) is 26.8 Å². The average Bonchev–Trinajstić information content (AvgIpc) is 3.22. The second-order valence-electron chi connectivity index (χ2n) is 6.51. The Hall–Kier alpha value is -1.40. The van der Waals surface area contributed by atoms with Gasteiger partial charge < -0.3 is 15.0 Å². The molecule has 0 unspecified atom stereocenters. The molecular formula is C17H24N2O3S. The standard InChI is InChI=1S/C17H24N2O3S/c1-22-10-9-19-14-5-2-7-17(14,8-6-15(19)20)12-18-16(21)13-4-3-11-23-13/h3-4,11,14H,2,5-10,12H2,1H3,(H,18,21)/t14-,17+/m1/s1. The van der Waals surface area contributed by atoms with E-state index in [9.17, 15) is 9.59 Å². The molecule has 1 aromatic rings. The second kappa shape index (κ2) is 7.01. The van der Waals surface area contributed by atoms with Crippen LogP contribution in [0.5, 0.6) is 0 Å². The smallest absolute Gasteiger partial charge is 0.261 e. The van der Waals surface area contributed by atoms with Crippen LogP contribution >= 0.6 is 11.3 Å². The molecule has 6 heteroatoms. The van der Waals surface area contributed by atoms with E-state index < -0.39 is 0 Å². The normalized spacial score (nSPS) is 27.1. The van der Waals surface area contributed by atoms with Crippen LogP contribution in [0.4, 0.5) is 0 Å². The van der Waals surface area contributed by atoms with Crippen LogP contribution < -0.4 is 5.32 Å². The van der Waals surface area contributed by atoms with E-state index in [-0.39, 0.29) is 23.3 Å². The van der Waals surface area contributed by atoms with E-state index in [1.54, 1.807) is 7.11 Å². The van der Waals surface area contributed by atoms with Crippen molar-refractivity contribution in [3.8, 4) is 0 Å². The van der Waals surface area contributed by atoms with Crippen LogP contribution in [0, 0.1) is 5.41 Å². The van der Waals surface area contributed by atoms with Crippen molar-refractivity contribution in [1.29, 1.82) is 0 Å². The fraction of sp³-hybridized carbons (Fsp3) is 0.647. The van der Waals surface area contributed by atoms with Gasteiger partial charge in [0.1, 0.15) is 0 Å². The van der Waals surface area contributed by atoms with Crippen molar-refractivity contribution in [3.05, 3.63) is 22.4 Å². The van der Waals surface area contributed by atoms with E-state index in [4.69, 9.17) is 4.74 Å². The summed E-state index contributed by atoms with van der Waals surface area (Å²) in [7, 11) is 1.66. The molecule has 0 bridgehead atoms. The molecule has 3 rings (SSSR count). The maximum Gasteiger partial charge on any atom is 0.261 e. The zero-order chi connectivity index (χ0) is 16.3. The minimum atomic E-state index is 0.000339. The number of likely N-dealkylation sites (tertiary alicyclic amines) is 1. The first-order valence-corrected chi connectivity index (χ1v) is 9.14.